The van der Waals surface area contributed by atoms with Crippen molar-refractivity contribution in [2.45, 2.75) is 32.7 Å². The van der Waals surface area contributed by atoms with Crippen molar-refractivity contribution in [3.05, 3.63) is 68.7 Å². The fraction of sp³-hybridized carbons (Fsp3) is 0.263. The summed E-state index contributed by atoms with van der Waals surface area (Å²) in [5.41, 5.74) is 0.733. The fourth-order valence-corrected chi connectivity index (χ4v) is 3.43. The van der Waals surface area contributed by atoms with Crippen LogP contribution in [0.3, 0.4) is 0 Å². The number of ether oxygens (including phenoxy) is 1. The molecule has 0 amide bonds. The van der Waals surface area contributed by atoms with Gasteiger partial charge in [0, 0.05) is 6.07 Å². The van der Waals surface area contributed by atoms with E-state index in [1.165, 1.54) is 12.1 Å². The SMILES string of the molecule is CC(C)Oc1cc(Cl)c(-n2c(C(F)(F)F)nn(Cc3ccccc3)c2=S)cc1Cl. The van der Waals surface area contributed by atoms with Crippen LogP contribution in [0.4, 0.5) is 13.2 Å². The maximum absolute atomic E-state index is 13.7. The van der Waals surface area contributed by atoms with E-state index < -0.39 is 12.0 Å². The highest BCUT2D eigenvalue weighted by molar-refractivity contribution is 7.71. The van der Waals surface area contributed by atoms with Crippen molar-refractivity contribution in [2.24, 2.45) is 0 Å². The average Bonchev–Trinajstić information content (AvgIpc) is 2.95. The molecule has 10 heteroatoms. The summed E-state index contributed by atoms with van der Waals surface area (Å²) in [6.07, 6.45) is -4.94. The minimum absolute atomic E-state index is 0.00547. The van der Waals surface area contributed by atoms with Crippen LogP contribution in [-0.2, 0) is 12.7 Å². The lowest BCUT2D eigenvalue weighted by Gasteiger charge is -2.15. The van der Waals surface area contributed by atoms with Crippen molar-refractivity contribution in [1.82, 2.24) is 14.3 Å². The highest BCUT2D eigenvalue weighted by Crippen LogP contribution is 2.37. The Hall–Kier alpha value is -2.03. The molecular weight excluding hydrogens is 446 g/mol. The maximum Gasteiger partial charge on any atom is 0.452 e. The number of halogens is 5. The number of rotatable bonds is 5. The highest BCUT2D eigenvalue weighted by atomic mass is 35.5. The second-order valence-corrected chi connectivity index (χ2v) is 7.66. The van der Waals surface area contributed by atoms with Gasteiger partial charge in [0.2, 0.25) is 10.6 Å². The van der Waals surface area contributed by atoms with E-state index in [0.717, 1.165) is 14.8 Å². The van der Waals surface area contributed by atoms with Gasteiger partial charge in [-0.1, -0.05) is 53.5 Å². The third-order valence-electron chi connectivity index (χ3n) is 3.87. The van der Waals surface area contributed by atoms with Gasteiger partial charge in [-0.3, -0.25) is 4.57 Å². The Morgan fingerprint density at radius 3 is 2.34 bits per heavy atom. The van der Waals surface area contributed by atoms with Crippen LogP contribution < -0.4 is 4.74 Å². The topological polar surface area (TPSA) is 32.0 Å². The molecule has 3 aromatic rings. The Balaban J connectivity index is 2.16. The van der Waals surface area contributed by atoms with Crippen LogP contribution in [0.15, 0.2) is 42.5 Å². The molecule has 1 aromatic heterocycles. The van der Waals surface area contributed by atoms with Crippen molar-refractivity contribution >= 4 is 35.4 Å². The predicted octanol–water partition coefficient (Wildman–Crippen LogP) is 6.56. The lowest BCUT2D eigenvalue weighted by molar-refractivity contribution is -0.146. The van der Waals surface area contributed by atoms with Gasteiger partial charge >= 0.3 is 6.18 Å². The molecule has 154 valence electrons. The molecule has 0 aliphatic heterocycles. The van der Waals surface area contributed by atoms with E-state index >= 15 is 0 Å². The first-order valence-corrected chi connectivity index (χ1v) is 9.71. The van der Waals surface area contributed by atoms with Crippen LogP contribution in [0.25, 0.3) is 5.69 Å². The summed E-state index contributed by atoms with van der Waals surface area (Å²) in [6.45, 7) is 3.67. The third kappa shape index (κ3) is 4.76. The first-order chi connectivity index (χ1) is 13.6. The van der Waals surface area contributed by atoms with Gasteiger partial charge in [0.15, 0.2) is 0 Å². The molecule has 4 nitrogen and oxygen atoms in total. The monoisotopic (exact) mass is 461 g/mol. The molecule has 0 saturated carbocycles. The molecule has 0 aliphatic carbocycles. The summed E-state index contributed by atoms with van der Waals surface area (Å²) in [6, 6.07) is 11.6. The fourth-order valence-electron chi connectivity index (χ4n) is 2.70. The minimum atomic E-state index is -4.75. The summed E-state index contributed by atoms with van der Waals surface area (Å²) in [7, 11) is 0. The van der Waals surface area contributed by atoms with Gasteiger partial charge in [0.25, 0.3) is 0 Å². The summed E-state index contributed by atoms with van der Waals surface area (Å²) >= 11 is 17.8. The molecule has 2 aromatic carbocycles. The van der Waals surface area contributed by atoms with Crippen LogP contribution in [-0.4, -0.2) is 20.5 Å². The van der Waals surface area contributed by atoms with Gasteiger partial charge < -0.3 is 4.74 Å². The standard InChI is InChI=1S/C19H16Cl2F3N3OS/c1-11(2)28-16-9-13(20)15(8-14(16)21)27-17(19(22,23)24)25-26(18(27)29)10-12-6-4-3-5-7-12/h3-9,11H,10H2,1-2H3. The maximum atomic E-state index is 13.7. The third-order valence-corrected chi connectivity index (χ3v) is 4.86. The zero-order valence-electron chi connectivity index (χ0n) is 15.4. The normalized spacial score (nSPS) is 11.9. The van der Waals surface area contributed by atoms with E-state index in [2.05, 4.69) is 5.10 Å². The van der Waals surface area contributed by atoms with E-state index in [9.17, 15) is 13.2 Å². The Morgan fingerprint density at radius 2 is 1.76 bits per heavy atom. The molecule has 29 heavy (non-hydrogen) atoms. The number of alkyl halides is 3. The van der Waals surface area contributed by atoms with Crippen LogP contribution in [0.1, 0.15) is 25.2 Å². The second-order valence-electron chi connectivity index (χ2n) is 6.48. The molecule has 3 rings (SSSR count). The van der Waals surface area contributed by atoms with Crippen molar-refractivity contribution in [3.63, 3.8) is 0 Å². The number of nitrogens with zero attached hydrogens (tertiary/aromatic N) is 3. The predicted molar refractivity (Wildman–Crippen MR) is 109 cm³/mol. The number of aromatic nitrogens is 3. The van der Waals surface area contributed by atoms with E-state index in [1.807, 2.05) is 6.07 Å². The molecule has 0 saturated heterocycles. The average molecular weight is 462 g/mol. The number of hydrogen-bond acceptors (Lipinski definition) is 3. The first kappa shape index (κ1) is 21.7. The van der Waals surface area contributed by atoms with E-state index in [4.69, 9.17) is 40.2 Å². The summed E-state index contributed by atoms with van der Waals surface area (Å²) in [5.74, 6) is -0.916. The number of hydrogen-bond donors (Lipinski definition) is 0. The Morgan fingerprint density at radius 1 is 1.10 bits per heavy atom. The van der Waals surface area contributed by atoms with Gasteiger partial charge in [0.05, 0.1) is 28.4 Å². The summed E-state index contributed by atoms with van der Waals surface area (Å²) in [5, 5.41) is 3.83. The Bertz CT molecular complexity index is 1080. The second kappa shape index (κ2) is 8.38. The van der Waals surface area contributed by atoms with Crippen molar-refractivity contribution in [3.8, 4) is 11.4 Å². The smallest absolute Gasteiger partial charge is 0.452 e. The Labute approximate surface area is 180 Å². The first-order valence-electron chi connectivity index (χ1n) is 8.55. The molecule has 0 unspecified atom stereocenters. The Kier molecular flexibility index (Phi) is 6.26. The molecule has 0 aliphatic rings. The van der Waals surface area contributed by atoms with Gasteiger partial charge in [-0.25, -0.2) is 4.68 Å². The largest absolute Gasteiger partial charge is 0.489 e. The highest BCUT2D eigenvalue weighted by Gasteiger charge is 2.39. The molecule has 1 heterocycles. The molecule has 0 atom stereocenters. The minimum Gasteiger partial charge on any atom is -0.489 e. The van der Waals surface area contributed by atoms with Crippen molar-refractivity contribution in [2.75, 3.05) is 0 Å². The quantitative estimate of drug-likeness (QED) is 0.403. The van der Waals surface area contributed by atoms with Gasteiger partial charge in [-0.05, 0) is 37.7 Å². The molecular formula is C19H16Cl2F3N3OS. The molecule has 0 fully saturated rings. The lowest BCUT2D eigenvalue weighted by atomic mass is 10.2. The van der Waals surface area contributed by atoms with Crippen molar-refractivity contribution in [1.29, 1.82) is 0 Å². The van der Waals surface area contributed by atoms with Crippen LogP contribution in [0, 0.1) is 4.77 Å². The summed E-state index contributed by atoms with van der Waals surface area (Å²) < 4.78 is 48.4. The van der Waals surface area contributed by atoms with Gasteiger partial charge in [0.1, 0.15) is 5.75 Å². The molecule has 0 radical (unpaired) electrons. The van der Waals surface area contributed by atoms with E-state index in [0.29, 0.717) is 0 Å². The van der Waals surface area contributed by atoms with Crippen LogP contribution >= 0.6 is 35.4 Å². The van der Waals surface area contributed by atoms with Gasteiger partial charge in [-0.2, -0.15) is 13.2 Å². The molecule has 0 bridgehead atoms. The summed E-state index contributed by atoms with van der Waals surface area (Å²) in [4.78, 5) is 0. The van der Waals surface area contributed by atoms with Crippen LogP contribution in [0.5, 0.6) is 5.75 Å². The number of benzene rings is 2. The van der Waals surface area contributed by atoms with E-state index in [-0.39, 0.29) is 38.9 Å². The molecule has 0 N–H and O–H groups in total. The zero-order valence-corrected chi connectivity index (χ0v) is 17.7. The molecule has 0 spiro atoms. The van der Waals surface area contributed by atoms with Crippen molar-refractivity contribution < 1.29 is 17.9 Å². The van der Waals surface area contributed by atoms with E-state index in [1.54, 1.807) is 38.1 Å². The zero-order chi connectivity index (χ0) is 21.3. The van der Waals surface area contributed by atoms with Gasteiger partial charge in [-0.15, -0.1) is 5.10 Å². The lowest BCUT2D eigenvalue weighted by Crippen LogP contribution is -2.14. The van der Waals surface area contributed by atoms with Crippen LogP contribution in [0.2, 0.25) is 10.0 Å².